The van der Waals surface area contributed by atoms with E-state index in [0.29, 0.717) is 31.8 Å². The van der Waals surface area contributed by atoms with Crippen LogP contribution in [-0.2, 0) is 10.2 Å². The molecular formula is C17H21BrO4. The topological polar surface area (TPSA) is 55.8 Å². The second-order valence-electron chi connectivity index (χ2n) is 6.42. The van der Waals surface area contributed by atoms with Gasteiger partial charge in [0.1, 0.15) is 13.2 Å². The molecule has 0 aromatic heterocycles. The van der Waals surface area contributed by atoms with Gasteiger partial charge in [-0.1, -0.05) is 42.6 Å². The summed E-state index contributed by atoms with van der Waals surface area (Å²) < 4.78 is 12.4. The maximum atomic E-state index is 12.1. The van der Waals surface area contributed by atoms with Crippen molar-refractivity contribution in [1.82, 2.24) is 0 Å². The van der Waals surface area contributed by atoms with Crippen LogP contribution >= 0.6 is 15.9 Å². The Hall–Kier alpha value is -1.23. The maximum Gasteiger partial charge on any atom is 0.314 e. The molecule has 5 heteroatoms. The van der Waals surface area contributed by atoms with E-state index in [1.807, 2.05) is 6.07 Å². The van der Waals surface area contributed by atoms with Gasteiger partial charge in [-0.2, -0.15) is 0 Å². The van der Waals surface area contributed by atoms with Gasteiger partial charge in [0.05, 0.1) is 5.41 Å². The molecule has 3 rings (SSSR count). The van der Waals surface area contributed by atoms with Crippen LogP contribution in [0, 0.1) is 0 Å². The fourth-order valence-electron chi connectivity index (χ4n) is 3.77. The van der Waals surface area contributed by atoms with Crippen LogP contribution in [0.4, 0.5) is 0 Å². The summed E-state index contributed by atoms with van der Waals surface area (Å²) in [5.74, 6) is 0.875. The van der Waals surface area contributed by atoms with Gasteiger partial charge in [-0.15, -0.1) is 0 Å². The second kappa shape index (κ2) is 5.76. The van der Waals surface area contributed by atoms with Crippen LogP contribution in [0.15, 0.2) is 10.5 Å². The average molecular weight is 369 g/mol. The van der Waals surface area contributed by atoms with Crippen LogP contribution in [0.2, 0.25) is 0 Å². The van der Waals surface area contributed by atoms with E-state index in [2.05, 4.69) is 29.8 Å². The fraction of sp³-hybridized carbons (Fsp3) is 0.588. The Morgan fingerprint density at radius 2 is 1.91 bits per heavy atom. The van der Waals surface area contributed by atoms with Gasteiger partial charge >= 0.3 is 5.97 Å². The first-order chi connectivity index (χ1) is 10.5. The number of benzene rings is 1. The summed E-state index contributed by atoms with van der Waals surface area (Å²) in [5, 5.41) is 9.96. The Balaban J connectivity index is 2.28. The summed E-state index contributed by atoms with van der Waals surface area (Å²) in [6.07, 6.45) is 3.26. The molecule has 120 valence electrons. The summed E-state index contributed by atoms with van der Waals surface area (Å²) in [7, 11) is 0. The molecule has 0 saturated heterocycles. The lowest BCUT2D eigenvalue weighted by atomic mass is 9.74. The number of ether oxygens (including phenoxy) is 2. The van der Waals surface area contributed by atoms with E-state index in [9.17, 15) is 9.90 Å². The predicted molar refractivity (Wildman–Crippen MR) is 87.0 cm³/mol. The van der Waals surface area contributed by atoms with Gasteiger partial charge in [-0.3, -0.25) is 4.79 Å². The van der Waals surface area contributed by atoms with Gasteiger partial charge in [0.2, 0.25) is 0 Å². The molecule has 0 amide bonds. The fourth-order valence-corrected chi connectivity index (χ4v) is 4.57. The van der Waals surface area contributed by atoms with E-state index in [1.165, 1.54) is 0 Å². The number of carboxylic acids is 1. The minimum Gasteiger partial charge on any atom is -0.486 e. The van der Waals surface area contributed by atoms with Crippen molar-refractivity contribution in [3.05, 3.63) is 21.7 Å². The highest BCUT2D eigenvalue weighted by atomic mass is 79.9. The highest BCUT2D eigenvalue weighted by Crippen LogP contribution is 2.52. The van der Waals surface area contributed by atoms with Gasteiger partial charge in [-0.25, -0.2) is 0 Å². The van der Waals surface area contributed by atoms with Crippen molar-refractivity contribution >= 4 is 21.9 Å². The number of aliphatic carboxylic acids is 1. The third-order valence-corrected chi connectivity index (χ3v) is 5.37. The molecule has 4 nitrogen and oxygen atoms in total. The number of hydrogen-bond acceptors (Lipinski definition) is 3. The van der Waals surface area contributed by atoms with Crippen LogP contribution in [-0.4, -0.2) is 24.3 Å². The summed E-state index contributed by atoms with van der Waals surface area (Å²) in [6.45, 7) is 5.19. The first-order valence-electron chi connectivity index (χ1n) is 7.83. The van der Waals surface area contributed by atoms with Crippen molar-refractivity contribution in [2.45, 2.75) is 50.9 Å². The molecule has 0 radical (unpaired) electrons. The molecule has 1 aromatic carbocycles. The minimum absolute atomic E-state index is 0.166. The molecule has 0 unspecified atom stereocenters. The molecule has 0 atom stereocenters. The molecule has 22 heavy (non-hydrogen) atoms. The van der Waals surface area contributed by atoms with Crippen molar-refractivity contribution in [2.24, 2.45) is 0 Å². The highest BCUT2D eigenvalue weighted by Gasteiger charge is 2.47. The highest BCUT2D eigenvalue weighted by molar-refractivity contribution is 9.10. The Morgan fingerprint density at radius 3 is 2.50 bits per heavy atom. The third kappa shape index (κ3) is 2.30. The standard InChI is InChI=1S/C17H21BrO4/c1-10(2)13-14(17(16(19)20)5-3-4-6-17)11(18)9-12-15(13)22-8-7-21-12/h9-10H,3-8H2,1-2H3,(H,19,20). The number of hydrogen-bond donors (Lipinski definition) is 1. The minimum atomic E-state index is -0.811. The van der Waals surface area contributed by atoms with Crippen molar-refractivity contribution in [3.63, 3.8) is 0 Å². The lowest BCUT2D eigenvalue weighted by Gasteiger charge is -2.33. The first-order valence-corrected chi connectivity index (χ1v) is 8.62. The largest absolute Gasteiger partial charge is 0.486 e. The van der Waals surface area contributed by atoms with E-state index in [1.54, 1.807) is 0 Å². The van der Waals surface area contributed by atoms with Gasteiger partial charge in [-0.05, 0) is 30.4 Å². The summed E-state index contributed by atoms with van der Waals surface area (Å²) in [5.41, 5.74) is 1.05. The number of carbonyl (C=O) groups is 1. The number of carboxylic acid groups (broad SMARTS) is 1. The quantitative estimate of drug-likeness (QED) is 0.866. The van der Waals surface area contributed by atoms with Crippen molar-refractivity contribution in [2.75, 3.05) is 13.2 Å². The Labute approximate surface area is 138 Å². The van der Waals surface area contributed by atoms with E-state index >= 15 is 0 Å². The molecular weight excluding hydrogens is 348 g/mol. The van der Waals surface area contributed by atoms with E-state index in [-0.39, 0.29) is 5.92 Å². The van der Waals surface area contributed by atoms with Crippen LogP contribution < -0.4 is 9.47 Å². The van der Waals surface area contributed by atoms with Gasteiger partial charge < -0.3 is 14.6 Å². The second-order valence-corrected chi connectivity index (χ2v) is 7.27. The molecule has 1 fully saturated rings. The van der Waals surface area contributed by atoms with Gasteiger partial charge in [0, 0.05) is 10.0 Å². The zero-order valence-electron chi connectivity index (χ0n) is 12.9. The Morgan fingerprint density at radius 1 is 1.27 bits per heavy atom. The van der Waals surface area contributed by atoms with Crippen LogP contribution in [0.25, 0.3) is 0 Å². The SMILES string of the molecule is CC(C)c1c2c(cc(Br)c1C1(C(=O)O)CCCC1)OCCO2. The normalized spacial score (nSPS) is 19.5. The van der Waals surface area contributed by atoms with Gasteiger partial charge in [0.25, 0.3) is 0 Å². The molecule has 2 aliphatic rings. The average Bonchev–Trinajstić information content (AvgIpc) is 2.96. The lowest BCUT2D eigenvalue weighted by molar-refractivity contribution is -0.143. The molecule has 1 N–H and O–H groups in total. The van der Waals surface area contributed by atoms with Gasteiger partial charge in [0.15, 0.2) is 11.5 Å². The van der Waals surface area contributed by atoms with Crippen LogP contribution in [0.5, 0.6) is 11.5 Å². The number of halogens is 1. The maximum absolute atomic E-state index is 12.1. The van der Waals surface area contributed by atoms with E-state index < -0.39 is 11.4 Å². The number of rotatable bonds is 3. The molecule has 1 aromatic rings. The van der Waals surface area contributed by atoms with E-state index in [0.717, 1.165) is 34.2 Å². The smallest absolute Gasteiger partial charge is 0.314 e. The van der Waals surface area contributed by atoms with E-state index in [4.69, 9.17) is 9.47 Å². The van der Waals surface area contributed by atoms with Crippen molar-refractivity contribution in [3.8, 4) is 11.5 Å². The molecule has 1 saturated carbocycles. The predicted octanol–water partition coefficient (Wildman–Crippen LogP) is 4.24. The van der Waals surface area contributed by atoms with Crippen LogP contribution in [0.1, 0.15) is 56.6 Å². The monoisotopic (exact) mass is 368 g/mol. The molecule has 1 aliphatic heterocycles. The molecule has 0 bridgehead atoms. The zero-order valence-corrected chi connectivity index (χ0v) is 14.5. The number of fused-ring (bicyclic) bond motifs is 1. The first kappa shape index (κ1) is 15.7. The summed E-state index contributed by atoms with van der Waals surface area (Å²) >= 11 is 3.61. The van der Waals surface area contributed by atoms with Crippen LogP contribution in [0.3, 0.4) is 0 Å². The molecule has 0 spiro atoms. The molecule has 1 heterocycles. The summed E-state index contributed by atoms with van der Waals surface area (Å²) in [4.78, 5) is 12.1. The Kier molecular flexibility index (Phi) is 4.10. The van der Waals surface area contributed by atoms with Crippen molar-refractivity contribution < 1.29 is 19.4 Å². The third-order valence-electron chi connectivity index (χ3n) is 4.74. The zero-order chi connectivity index (χ0) is 15.9. The Bertz CT molecular complexity index is 603. The van der Waals surface area contributed by atoms with Crippen molar-refractivity contribution in [1.29, 1.82) is 0 Å². The lowest BCUT2D eigenvalue weighted by Crippen LogP contribution is -2.35. The summed E-state index contributed by atoms with van der Waals surface area (Å²) in [6, 6.07) is 1.87. The molecule has 1 aliphatic carbocycles.